The standard InChI is InChI=1S/C29H39N3O6/c1-28(2,20-29(3,4)26(35)36)25(34)30-18-12-11-17-23(24(33)31-22-15-9-6-10-16-22)32-27(37)38-19-21-13-7-5-8-14-21/h5-10,13-16,23H,11-12,17-20H2,1-4H3,(H,30,34)(H,31,33)(H,32,37)(H,35,36). The maximum Gasteiger partial charge on any atom is 0.408 e. The van der Waals surface area contributed by atoms with Crippen molar-refractivity contribution in [2.75, 3.05) is 11.9 Å². The van der Waals surface area contributed by atoms with Crippen molar-refractivity contribution >= 4 is 29.6 Å². The minimum atomic E-state index is -1.03. The average molecular weight is 526 g/mol. The number of alkyl carbamates (subject to hydrolysis) is 1. The van der Waals surface area contributed by atoms with Gasteiger partial charge >= 0.3 is 12.1 Å². The SMILES string of the molecule is CC(C)(CC(C)(C)C(=O)NCCCCC(NC(=O)OCc1ccccc1)C(=O)Nc1ccccc1)C(=O)O. The van der Waals surface area contributed by atoms with E-state index in [-0.39, 0.29) is 24.8 Å². The van der Waals surface area contributed by atoms with Crippen LogP contribution in [0.1, 0.15) is 58.9 Å². The van der Waals surface area contributed by atoms with E-state index >= 15 is 0 Å². The van der Waals surface area contributed by atoms with E-state index in [2.05, 4.69) is 16.0 Å². The van der Waals surface area contributed by atoms with Crippen LogP contribution in [0.3, 0.4) is 0 Å². The first-order valence-electron chi connectivity index (χ1n) is 12.8. The van der Waals surface area contributed by atoms with Gasteiger partial charge in [0.25, 0.3) is 0 Å². The number of unbranched alkanes of at least 4 members (excludes halogenated alkanes) is 1. The molecule has 2 aromatic rings. The molecule has 0 heterocycles. The second-order valence-electron chi connectivity index (χ2n) is 10.6. The van der Waals surface area contributed by atoms with Crippen LogP contribution in [0.4, 0.5) is 10.5 Å². The number of amides is 3. The van der Waals surface area contributed by atoms with Crippen molar-refractivity contribution < 1.29 is 29.0 Å². The van der Waals surface area contributed by atoms with Crippen molar-refractivity contribution in [3.8, 4) is 0 Å². The second kappa shape index (κ2) is 14.2. The number of para-hydroxylation sites is 1. The second-order valence-corrected chi connectivity index (χ2v) is 10.6. The number of anilines is 1. The summed E-state index contributed by atoms with van der Waals surface area (Å²) in [7, 11) is 0. The van der Waals surface area contributed by atoms with Crippen LogP contribution >= 0.6 is 0 Å². The maximum absolute atomic E-state index is 12.9. The van der Waals surface area contributed by atoms with Crippen LogP contribution in [0, 0.1) is 10.8 Å². The summed E-state index contributed by atoms with van der Waals surface area (Å²) in [4.78, 5) is 49.4. The Morgan fingerprint density at radius 1 is 0.868 bits per heavy atom. The lowest BCUT2D eigenvalue weighted by Gasteiger charge is -2.31. The van der Waals surface area contributed by atoms with Gasteiger partial charge in [0, 0.05) is 17.6 Å². The topological polar surface area (TPSA) is 134 Å². The minimum Gasteiger partial charge on any atom is -0.481 e. The van der Waals surface area contributed by atoms with Gasteiger partial charge in [-0.2, -0.15) is 0 Å². The molecular weight excluding hydrogens is 486 g/mol. The normalized spacial score (nSPS) is 12.2. The molecule has 0 aromatic heterocycles. The first-order valence-corrected chi connectivity index (χ1v) is 12.8. The van der Waals surface area contributed by atoms with Crippen molar-refractivity contribution in [1.82, 2.24) is 10.6 Å². The zero-order valence-electron chi connectivity index (χ0n) is 22.6. The number of aliphatic carboxylic acids is 1. The number of carbonyl (C=O) groups excluding carboxylic acids is 3. The largest absolute Gasteiger partial charge is 0.481 e. The van der Waals surface area contributed by atoms with Gasteiger partial charge in [0.15, 0.2) is 0 Å². The molecule has 4 N–H and O–H groups in total. The fraction of sp³-hybridized carbons (Fsp3) is 0.448. The molecule has 38 heavy (non-hydrogen) atoms. The molecule has 0 aliphatic rings. The lowest BCUT2D eigenvalue weighted by molar-refractivity contribution is -0.149. The van der Waals surface area contributed by atoms with Gasteiger partial charge in [0.1, 0.15) is 12.6 Å². The summed E-state index contributed by atoms with van der Waals surface area (Å²) in [6, 6.07) is 17.4. The Balaban J connectivity index is 1.88. The molecule has 2 aromatic carbocycles. The molecule has 1 unspecified atom stereocenters. The van der Waals surface area contributed by atoms with Gasteiger partial charge in [-0.15, -0.1) is 0 Å². The number of carbonyl (C=O) groups is 4. The number of hydrogen-bond donors (Lipinski definition) is 4. The fourth-order valence-electron chi connectivity index (χ4n) is 4.10. The first-order chi connectivity index (χ1) is 17.9. The van der Waals surface area contributed by atoms with Crippen LogP contribution in [-0.2, 0) is 25.7 Å². The molecule has 0 saturated heterocycles. The Morgan fingerprint density at radius 2 is 1.47 bits per heavy atom. The lowest BCUT2D eigenvalue weighted by atomic mass is 9.74. The zero-order chi connectivity index (χ0) is 28.2. The van der Waals surface area contributed by atoms with E-state index in [0.29, 0.717) is 31.5 Å². The highest BCUT2D eigenvalue weighted by Crippen LogP contribution is 2.34. The number of benzene rings is 2. The summed E-state index contributed by atoms with van der Waals surface area (Å²) in [5, 5.41) is 17.7. The molecule has 0 aliphatic heterocycles. The van der Waals surface area contributed by atoms with Crippen molar-refractivity contribution in [3.63, 3.8) is 0 Å². The summed E-state index contributed by atoms with van der Waals surface area (Å²) in [5.74, 6) is -1.55. The van der Waals surface area contributed by atoms with Gasteiger partial charge < -0.3 is 25.8 Å². The van der Waals surface area contributed by atoms with E-state index in [4.69, 9.17) is 4.74 Å². The highest BCUT2D eigenvalue weighted by atomic mass is 16.5. The van der Waals surface area contributed by atoms with Crippen LogP contribution in [0.5, 0.6) is 0 Å². The van der Waals surface area contributed by atoms with Crippen LogP contribution in [0.15, 0.2) is 60.7 Å². The lowest BCUT2D eigenvalue weighted by Crippen LogP contribution is -2.44. The van der Waals surface area contributed by atoms with Gasteiger partial charge in [-0.05, 0) is 57.2 Å². The fourth-order valence-corrected chi connectivity index (χ4v) is 4.10. The third-order valence-electron chi connectivity index (χ3n) is 6.15. The summed E-state index contributed by atoms with van der Waals surface area (Å²) >= 11 is 0. The van der Waals surface area contributed by atoms with Gasteiger partial charge in [0.05, 0.1) is 5.41 Å². The van der Waals surface area contributed by atoms with E-state index in [9.17, 15) is 24.3 Å². The molecule has 0 fully saturated rings. The van der Waals surface area contributed by atoms with Gasteiger partial charge in [-0.1, -0.05) is 62.4 Å². The number of carboxylic acid groups (broad SMARTS) is 1. The predicted octanol–water partition coefficient (Wildman–Crippen LogP) is 4.73. The maximum atomic E-state index is 12.9. The number of rotatable bonds is 14. The number of carboxylic acids is 1. The molecule has 206 valence electrons. The Morgan fingerprint density at radius 3 is 2.08 bits per heavy atom. The van der Waals surface area contributed by atoms with Crippen LogP contribution < -0.4 is 16.0 Å². The molecule has 0 aliphatic carbocycles. The summed E-state index contributed by atoms with van der Waals surface area (Å²) in [6.45, 7) is 7.09. The molecule has 0 radical (unpaired) electrons. The van der Waals surface area contributed by atoms with E-state index in [1.807, 2.05) is 36.4 Å². The van der Waals surface area contributed by atoms with E-state index in [1.165, 1.54) is 0 Å². The number of nitrogens with one attached hydrogen (secondary N) is 3. The van der Waals surface area contributed by atoms with Crippen molar-refractivity contribution in [2.45, 2.75) is 66.0 Å². The molecule has 2 rings (SSSR count). The van der Waals surface area contributed by atoms with E-state index in [0.717, 1.165) is 5.56 Å². The van der Waals surface area contributed by atoms with Gasteiger partial charge in [0.2, 0.25) is 11.8 Å². The highest BCUT2D eigenvalue weighted by molar-refractivity contribution is 5.96. The number of hydrogen-bond acceptors (Lipinski definition) is 5. The predicted molar refractivity (Wildman–Crippen MR) is 145 cm³/mol. The smallest absolute Gasteiger partial charge is 0.408 e. The Hall–Kier alpha value is -3.88. The van der Waals surface area contributed by atoms with Gasteiger partial charge in [-0.25, -0.2) is 4.79 Å². The minimum absolute atomic E-state index is 0.0835. The highest BCUT2D eigenvalue weighted by Gasteiger charge is 2.38. The summed E-state index contributed by atoms with van der Waals surface area (Å²) in [6.07, 6.45) is 0.952. The Labute approximate surface area is 224 Å². The molecule has 0 saturated carbocycles. The molecule has 0 bridgehead atoms. The summed E-state index contributed by atoms with van der Waals surface area (Å²) < 4.78 is 5.28. The Bertz CT molecular complexity index is 1070. The van der Waals surface area contributed by atoms with Crippen LogP contribution in [-0.4, -0.2) is 41.6 Å². The first kappa shape index (κ1) is 30.3. The molecule has 9 nitrogen and oxygen atoms in total. The Kier molecular flexibility index (Phi) is 11.3. The van der Waals surface area contributed by atoms with Gasteiger partial charge in [-0.3, -0.25) is 14.4 Å². The molecule has 9 heteroatoms. The van der Waals surface area contributed by atoms with Crippen molar-refractivity contribution in [2.24, 2.45) is 10.8 Å². The van der Waals surface area contributed by atoms with Crippen LogP contribution in [0.2, 0.25) is 0 Å². The molecule has 1 atom stereocenters. The number of ether oxygens (including phenoxy) is 1. The van der Waals surface area contributed by atoms with Crippen LogP contribution in [0.25, 0.3) is 0 Å². The molecule has 0 spiro atoms. The molecular formula is C29H39N3O6. The van der Waals surface area contributed by atoms with Crippen molar-refractivity contribution in [1.29, 1.82) is 0 Å². The average Bonchev–Trinajstić information content (AvgIpc) is 2.87. The summed E-state index contributed by atoms with van der Waals surface area (Å²) in [5.41, 5.74) is -0.440. The quantitative estimate of drug-likeness (QED) is 0.263. The third-order valence-corrected chi connectivity index (χ3v) is 6.15. The zero-order valence-corrected chi connectivity index (χ0v) is 22.6. The third kappa shape index (κ3) is 10.2. The molecule has 3 amide bonds. The van der Waals surface area contributed by atoms with E-state index in [1.54, 1.807) is 52.0 Å². The monoisotopic (exact) mass is 525 g/mol. The van der Waals surface area contributed by atoms with E-state index < -0.39 is 28.9 Å². The van der Waals surface area contributed by atoms with Crippen molar-refractivity contribution in [3.05, 3.63) is 66.2 Å².